The molecule has 0 saturated carbocycles. The maximum absolute atomic E-state index is 13.0. The van der Waals surface area contributed by atoms with Crippen LogP contribution in [0.4, 0.5) is 0 Å². The van der Waals surface area contributed by atoms with E-state index in [1.165, 1.54) is 14.2 Å². The quantitative estimate of drug-likeness (QED) is 0.367. The van der Waals surface area contributed by atoms with E-state index in [1.54, 1.807) is 26.4 Å². The van der Waals surface area contributed by atoms with Crippen LogP contribution in [0.5, 0.6) is 23.0 Å². The van der Waals surface area contributed by atoms with E-state index >= 15 is 0 Å². The van der Waals surface area contributed by atoms with Gasteiger partial charge in [-0.25, -0.2) is 0 Å². The molecule has 0 aliphatic heterocycles. The summed E-state index contributed by atoms with van der Waals surface area (Å²) in [6, 6.07) is 8.98. The Balaban J connectivity index is 0.00000392. The zero-order chi connectivity index (χ0) is 20.0. The van der Waals surface area contributed by atoms with Crippen molar-refractivity contribution >= 4 is 38.3 Å². The van der Waals surface area contributed by atoms with Crippen LogP contribution in [-0.4, -0.2) is 59.1 Å². The number of hydrogen-bond acceptors (Lipinski definition) is 6. The summed E-state index contributed by atoms with van der Waals surface area (Å²) in [6.45, 7) is 3.76. The standard InChI is InChI=1S/C20H25O6P.Li/c1-12-9-14(26-13(2)22-3)7-8-18(12)27-20(21)19-16(24-5)10-15(23-4)11-17(19)25-6;/h7-11,13,27H,1-6H3;. The molecule has 0 bridgehead atoms. The van der Waals surface area contributed by atoms with Crippen molar-refractivity contribution in [3.05, 3.63) is 41.5 Å². The molecule has 2 rings (SSSR count). The minimum Gasteiger partial charge on any atom is -0.496 e. The summed E-state index contributed by atoms with van der Waals surface area (Å²) in [5.74, 6) is 2.11. The summed E-state index contributed by atoms with van der Waals surface area (Å²) < 4.78 is 26.7. The number of methoxy groups -OCH3 is 4. The van der Waals surface area contributed by atoms with Gasteiger partial charge in [0.1, 0.15) is 28.6 Å². The molecule has 8 heteroatoms. The molecule has 0 aliphatic rings. The molecule has 0 N–H and O–H groups in total. The van der Waals surface area contributed by atoms with E-state index in [9.17, 15) is 4.79 Å². The third kappa shape index (κ3) is 5.90. The van der Waals surface area contributed by atoms with Gasteiger partial charge in [-0.2, -0.15) is 0 Å². The first-order chi connectivity index (χ1) is 12.9. The topological polar surface area (TPSA) is 63.2 Å². The fourth-order valence-electron chi connectivity index (χ4n) is 2.50. The summed E-state index contributed by atoms with van der Waals surface area (Å²) >= 11 is 0. The molecule has 2 aromatic carbocycles. The van der Waals surface area contributed by atoms with Crippen molar-refractivity contribution in [2.24, 2.45) is 0 Å². The normalized spacial score (nSPS) is 11.6. The molecule has 0 spiro atoms. The monoisotopic (exact) mass is 399 g/mol. The number of hydrogen-bond donors (Lipinski definition) is 0. The summed E-state index contributed by atoms with van der Waals surface area (Å²) in [5.41, 5.74) is 1.30. The molecule has 2 aromatic rings. The van der Waals surface area contributed by atoms with Crippen LogP contribution in [0.15, 0.2) is 30.3 Å². The molecule has 147 valence electrons. The summed E-state index contributed by atoms with van der Waals surface area (Å²) in [4.78, 5) is 13.0. The first-order valence-corrected chi connectivity index (χ1v) is 9.35. The van der Waals surface area contributed by atoms with Gasteiger partial charge in [0.05, 0.1) is 21.3 Å². The van der Waals surface area contributed by atoms with Crippen LogP contribution in [0.2, 0.25) is 0 Å². The van der Waals surface area contributed by atoms with E-state index in [0.29, 0.717) is 28.6 Å². The van der Waals surface area contributed by atoms with Crippen molar-refractivity contribution in [1.82, 2.24) is 0 Å². The molecular weight excluding hydrogens is 374 g/mol. The van der Waals surface area contributed by atoms with Gasteiger partial charge in [-0.3, -0.25) is 4.79 Å². The van der Waals surface area contributed by atoms with Crippen LogP contribution < -0.4 is 24.3 Å². The Bertz CT molecular complexity index is 786. The molecule has 6 nitrogen and oxygen atoms in total. The largest absolute Gasteiger partial charge is 0.496 e. The second kappa shape index (κ2) is 11.3. The fourth-order valence-corrected chi connectivity index (χ4v) is 3.56. The van der Waals surface area contributed by atoms with Crippen LogP contribution in [0.25, 0.3) is 0 Å². The van der Waals surface area contributed by atoms with Gasteiger partial charge < -0.3 is 23.7 Å². The third-order valence-electron chi connectivity index (χ3n) is 4.02. The Labute approximate surface area is 179 Å². The average molecular weight is 399 g/mol. The molecule has 0 amide bonds. The van der Waals surface area contributed by atoms with Gasteiger partial charge >= 0.3 is 0 Å². The smallest absolute Gasteiger partial charge is 0.196 e. The number of rotatable bonds is 9. The van der Waals surface area contributed by atoms with Crippen molar-refractivity contribution in [1.29, 1.82) is 0 Å². The molecular formula is C20H25LiO6P. The maximum atomic E-state index is 13.0. The minimum atomic E-state index is -0.341. The Hall–Kier alpha value is -1.70. The summed E-state index contributed by atoms with van der Waals surface area (Å²) in [6.07, 6.45) is -0.341. The van der Waals surface area contributed by atoms with E-state index < -0.39 is 0 Å². The third-order valence-corrected chi connectivity index (χ3v) is 5.33. The Morgan fingerprint density at radius 3 is 2.00 bits per heavy atom. The predicted molar refractivity (Wildman–Crippen MR) is 112 cm³/mol. The second-order valence-corrected chi connectivity index (χ2v) is 7.00. The SMILES string of the molecule is COc1cc(OC)c(C(=O)Pc2ccc(OC(C)OC)cc2C)c(OC)c1.[Li]. The Morgan fingerprint density at radius 2 is 1.54 bits per heavy atom. The van der Waals surface area contributed by atoms with Gasteiger partial charge in [0.25, 0.3) is 0 Å². The van der Waals surface area contributed by atoms with Crippen LogP contribution in [0.1, 0.15) is 22.8 Å². The van der Waals surface area contributed by atoms with Gasteiger partial charge in [0.15, 0.2) is 11.8 Å². The van der Waals surface area contributed by atoms with Crippen molar-refractivity contribution < 1.29 is 28.5 Å². The zero-order valence-corrected chi connectivity index (χ0v) is 18.4. The molecule has 0 aliphatic carbocycles. The van der Waals surface area contributed by atoms with Crippen LogP contribution in [-0.2, 0) is 4.74 Å². The van der Waals surface area contributed by atoms with Crippen molar-refractivity contribution in [3.63, 3.8) is 0 Å². The molecule has 0 aromatic heterocycles. The number of ether oxygens (including phenoxy) is 5. The second-order valence-electron chi connectivity index (χ2n) is 5.76. The van der Waals surface area contributed by atoms with Gasteiger partial charge in [0, 0.05) is 38.1 Å². The van der Waals surface area contributed by atoms with Crippen LogP contribution in [0, 0.1) is 6.92 Å². The molecule has 2 atom stereocenters. The maximum Gasteiger partial charge on any atom is 0.196 e. The molecule has 0 saturated heterocycles. The molecule has 1 radical (unpaired) electrons. The number of aryl methyl sites for hydroxylation is 1. The number of carbonyl (C=O) groups is 1. The molecule has 0 heterocycles. The fraction of sp³-hybridized carbons (Fsp3) is 0.350. The van der Waals surface area contributed by atoms with Gasteiger partial charge in [-0.15, -0.1) is 0 Å². The zero-order valence-electron chi connectivity index (χ0n) is 17.4. The van der Waals surface area contributed by atoms with Gasteiger partial charge in [0.2, 0.25) is 0 Å². The molecule has 0 fully saturated rings. The molecule has 2 unspecified atom stereocenters. The van der Waals surface area contributed by atoms with E-state index in [-0.39, 0.29) is 39.3 Å². The number of carbonyl (C=O) groups excluding carboxylic acids is 1. The number of benzene rings is 2. The van der Waals surface area contributed by atoms with Gasteiger partial charge in [-0.05, 0) is 45.4 Å². The van der Waals surface area contributed by atoms with Crippen molar-refractivity contribution in [2.75, 3.05) is 28.4 Å². The van der Waals surface area contributed by atoms with E-state index in [0.717, 1.165) is 10.9 Å². The van der Waals surface area contributed by atoms with Crippen molar-refractivity contribution in [3.8, 4) is 23.0 Å². The molecule has 28 heavy (non-hydrogen) atoms. The predicted octanol–water partition coefficient (Wildman–Crippen LogP) is 3.16. The van der Waals surface area contributed by atoms with Crippen molar-refractivity contribution in [2.45, 2.75) is 20.1 Å². The van der Waals surface area contributed by atoms with E-state index in [4.69, 9.17) is 23.7 Å². The Kier molecular flexibility index (Phi) is 9.85. The Morgan fingerprint density at radius 1 is 0.929 bits per heavy atom. The van der Waals surface area contributed by atoms with Gasteiger partial charge in [-0.1, -0.05) is 6.07 Å². The first kappa shape index (κ1) is 24.3. The van der Waals surface area contributed by atoms with E-state index in [2.05, 4.69) is 0 Å². The average Bonchev–Trinajstić information content (AvgIpc) is 2.68. The minimum absolute atomic E-state index is 0. The van der Waals surface area contributed by atoms with Crippen LogP contribution >= 0.6 is 8.58 Å². The first-order valence-electron chi connectivity index (χ1n) is 8.35. The summed E-state index contributed by atoms with van der Waals surface area (Å²) in [7, 11) is 6.08. The van der Waals surface area contributed by atoms with E-state index in [1.807, 2.05) is 32.0 Å². The summed E-state index contributed by atoms with van der Waals surface area (Å²) in [5, 5.41) is 0.928. The van der Waals surface area contributed by atoms with Crippen LogP contribution in [0.3, 0.4) is 0 Å².